The molecule has 1 unspecified atom stereocenters. The van der Waals surface area contributed by atoms with E-state index in [1.807, 2.05) is 72.9 Å². The molecule has 0 amide bonds. The number of allylic oxidation sites excluding steroid dienone is 18. The first-order valence-electron chi connectivity index (χ1n) is 29.5. The maximum atomic E-state index is 12.9. The molecular formula is C65H108O6. The molecule has 0 bridgehead atoms. The molecular weight excluding hydrogens is 877 g/mol. The van der Waals surface area contributed by atoms with Crippen molar-refractivity contribution in [3.63, 3.8) is 0 Å². The molecule has 0 fully saturated rings. The normalized spacial score (nSPS) is 12.9. The van der Waals surface area contributed by atoms with Crippen molar-refractivity contribution in [2.75, 3.05) is 13.2 Å². The lowest BCUT2D eigenvalue weighted by Gasteiger charge is -2.18. The standard InChI is InChI=1S/C65H108O6/c1-4-7-10-13-16-19-22-25-28-30-32-34-37-40-43-46-49-52-55-58-64(67)70-61-62(60-69-63(66)57-54-51-48-45-42-39-36-27-24-21-18-15-12-9-6-3)71-65(68)59-56-53-50-47-44-41-38-35-33-31-29-26-23-20-17-14-11-8-5-2/h7,10,13,16-17,19-20,22-23,25-26,28,30,32,34,37,40,43,62H,4-6,8-9,11-12,14-15,18,21,24,27,29,31,33,35-36,38-39,41-42,44-61H2,1-3H3/b10-7-,16-13-,20-17-,22-19-,26-23-,28-25-,32-30+,37-34-,43-40-. The Hall–Kier alpha value is -3.93. The summed E-state index contributed by atoms with van der Waals surface area (Å²) in [4.78, 5) is 38.2. The highest BCUT2D eigenvalue weighted by Gasteiger charge is 2.19. The SMILES string of the molecule is CC\C=C/C=C\C=C/C=C\C=C\C=C/C=C\CCCCCC(=O)OCC(COC(=O)CCCCCCCCCCCCCCCCC)OC(=O)CCCCCCCCCCCC/C=C\C=C/CCCCC. The largest absolute Gasteiger partial charge is 0.462 e. The first kappa shape index (κ1) is 67.1. The average molecular weight is 986 g/mol. The van der Waals surface area contributed by atoms with Gasteiger partial charge in [0.15, 0.2) is 6.10 Å². The van der Waals surface area contributed by atoms with Crippen molar-refractivity contribution in [3.05, 3.63) is 109 Å². The van der Waals surface area contributed by atoms with E-state index in [0.29, 0.717) is 19.3 Å². The lowest BCUT2D eigenvalue weighted by atomic mass is 10.0. The molecule has 0 aromatic carbocycles. The molecule has 0 saturated heterocycles. The van der Waals surface area contributed by atoms with Gasteiger partial charge in [-0.2, -0.15) is 0 Å². The molecule has 6 heteroatoms. The third kappa shape index (κ3) is 56.9. The molecule has 6 nitrogen and oxygen atoms in total. The van der Waals surface area contributed by atoms with Gasteiger partial charge in [0, 0.05) is 19.3 Å². The van der Waals surface area contributed by atoms with Gasteiger partial charge < -0.3 is 14.2 Å². The molecule has 0 aliphatic rings. The molecule has 0 N–H and O–H groups in total. The van der Waals surface area contributed by atoms with Gasteiger partial charge in [0.1, 0.15) is 13.2 Å². The third-order valence-electron chi connectivity index (χ3n) is 12.5. The van der Waals surface area contributed by atoms with E-state index >= 15 is 0 Å². The molecule has 0 spiro atoms. The minimum absolute atomic E-state index is 0.0936. The van der Waals surface area contributed by atoms with Crippen LogP contribution in [0.5, 0.6) is 0 Å². The highest BCUT2D eigenvalue weighted by molar-refractivity contribution is 5.71. The Balaban J connectivity index is 4.49. The summed E-state index contributed by atoms with van der Waals surface area (Å²) >= 11 is 0. The second kappa shape index (κ2) is 58.6. The summed E-state index contributed by atoms with van der Waals surface area (Å²) in [7, 11) is 0. The lowest BCUT2D eigenvalue weighted by Crippen LogP contribution is -2.30. The van der Waals surface area contributed by atoms with E-state index in [9.17, 15) is 14.4 Å². The van der Waals surface area contributed by atoms with Crippen LogP contribution in [0.15, 0.2) is 109 Å². The number of hydrogen-bond acceptors (Lipinski definition) is 6. The van der Waals surface area contributed by atoms with Crippen molar-refractivity contribution < 1.29 is 28.6 Å². The van der Waals surface area contributed by atoms with Crippen LogP contribution in [-0.4, -0.2) is 37.2 Å². The Labute approximate surface area is 438 Å². The van der Waals surface area contributed by atoms with E-state index in [0.717, 1.165) is 70.6 Å². The molecule has 1 atom stereocenters. The lowest BCUT2D eigenvalue weighted by molar-refractivity contribution is -0.167. The fraction of sp³-hybridized carbons (Fsp3) is 0.677. The molecule has 0 aromatic heterocycles. The summed E-state index contributed by atoms with van der Waals surface area (Å²) in [6.45, 7) is 6.44. The predicted molar refractivity (Wildman–Crippen MR) is 307 cm³/mol. The average Bonchev–Trinajstić information content (AvgIpc) is 3.37. The van der Waals surface area contributed by atoms with Crippen molar-refractivity contribution in [2.24, 2.45) is 0 Å². The summed E-state index contributed by atoms with van der Waals surface area (Å²) in [6, 6.07) is 0. The van der Waals surface area contributed by atoms with Crippen LogP contribution in [-0.2, 0) is 28.6 Å². The summed E-state index contributed by atoms with van der Waals surface area (Å²) in [6.07, 6.45) is 79.3. The first-order valence-corrected chi connectivity index (χ1v) is 29.5. The monoisotopic (exact) mass is 985 g/mol. The van der Waals surface area contributed by atoms with E-state index in [4.69, 9.17) is 14.2 Å². The maximum Gasteiger partial charge on any atom is 0.306 e. The zero-order valence-corrected chi connectivity index (χ0v) is 46.2. The highest BCUT2D eigenvalue weighted by atomic mass is 16.6. The zero-order valence-electron chi connectivity index (χ0n) is 46.2. The minimum Gasteiger partial charge on any atom is -0.462 e. The number of esters is 3. The summed E-state index contributed by atoms with van der Waals surface area (Å²) in [5.74, 6) is -0.938. The van der Waals surface area contributed by atoms with E-state index in [1.54, 1.807) is 0 Å². The quantitative estimate of drug-likeness (QED) is 0.0261. The smallest absolute Gasteiger partial charge is 0.306 e. The number of carbonyl (C=O) groups is 3. The maximum absolute atomic E-state index is 12.9. The number of rotatable bonds is 52. The molecule has 0 aromatic rings. The van der Waals surface area contributed by atoms with Gasteiger partial charge in [0.05, 0.1) is 0 Å². The molecule has 0 aliphatic carbocycles. The summed E-state index contributed by atoms with van der Waals surface area (Å²) < 4.78 is 16.9. The van der Waals surface area contributed by atoms with Crippen molar-refractivity contribution in [3.8, 4) is 0 Å². The molecule has 0 saturated carbocycles. The van der Waals surface area contributed by atoms with E-state index in [-0.39, 0.29) is 31.1 Å². The molecule has 0 aliphatic heterocycles. The van der Waals surface area contributed by atoms with Gasteiger partial charge in [-0.15, -0.1) is 0 Å². The number of hydrogen-bond donors (Lipinski definition) is 0. The van der Waals surface area contributed by atoms with Crippen LogP contribution in [0.25, 0.3) is 0 Å². The van der Waals surface area contributed by atoms with Crippen molar-refractivity contribution in [2.45, 2.75) is 271 Å². The van der Waals surface area contributed by atoms with Gasteiger partial charge in [-0.25, -0.2) is 0 Å². The predicted octanol–water partition coefficient (Wildman–Crippen LogP) is 19.9. The Kier molecular flexibility index (Phi) is 55.4. The molecule has 0 radical (unpaired) electrons. The number of unbranched alkanes of at least 4 members (excludes halogenated alkanes) is 30. The first-order chi connectivity index (χ1) is 35.0. The van der Waals surface area contributed by atoms with Crippen LogP contribution >= 0.6 is 0 Å². The number of ether oxygens (including phenoxy) is 3. The van der Waals surface area contributed by atoms with Gasteiger partial charge in [-0.3, -0.25) is 14.4 Å². The highest BCUT2D eigenvalue weighted by Crippen LogP contribution is 2.16. The zero-order chi connectivity index (χ0) is 51.4. The van der Waals surface area contributed by atoms with E-state index in [2.05, 4.69) is 57.2 Å². The second-order valence-corrected chi connectivity index (χ2v) is 19.4. The fourth-order valence-corrected chi connectivity index (χ4v) is 8.06. The van der Waals surface area contributed by atoms with Crippen LogP contribution in [0.4, 0.5) is 0 Å². The van der Waals surface area contributed by atoms with Gasteiger partial charge in [0.2, 0.25) is 0 Å². The van der Waals surface area contributed by atoms with Crippen LogP contribution in [0.2, 0.25) is 0 Å². The van der Waals surface area contributed by atoms with Crippen LogP contribution < -0.4 is 0 Å². The Morgan fingerprint density at radius 3 is 0.915 bits per heavy atom. The fourth-order valence-electron chi connectivity index (χ4n) is 8.06. The van der Waals surface area contributed by atoms with Crippen molar-refractivity contribution in [1.29, 1.82) is 0 Å². The van der Waals surface area contributed by atoms with Gasteiger partial charge in [-0.1, -0.05) is 291 Å². The molecule has 71 heavy (non-hydrogen) atoms. The van der Waals surface area contributed by atoms with Crippen LogP contribution in [0, 0.1) is 0 Å². The van der Waals surface area contributed by atoms with Gasteiger partial charge >= 0.3 is 17.9 Å². The summed E-state index contributed by atoms with van der Waals surface area (Å²) in [5, 5.41) is 0. The molecule has 0 heterocycles. The van der Waals surface area contributed by atoms with E-state index < -0.39 is 6.10 Å². The Morgan fingerprint density at radius 1 is 0.296 bits per heavy atom. The Morgan fingerprint density at radius 2 is 0.549 bits per heavy atom. The molecule has 404 valence electrons. The van der Waals surface area contributed by atoms with Crippen molar-refractivity contribution >= 4 is 17.9 Å². The minimum atomic E-state index is -0.800. The van der Waals surface area contributed by atoms with Crippen molar-refractivity contribution in [1.82, 2.24) is 0 Å². The van der Waals surface area contributed by atoms with E-state index in [1.165, 1.54) is 154 Å². The summed E-state index contributed by atoms with van der Waals surface area (Å²) in [5.41, 5.74) is 0. The van der Waals surface area contributed by atoms with Crippen LogP contribution in [0.3, 0.4) is 0 Å². The van der Waals surface area contributed by atoms with Crippen LogP contribution in [0.1, 0.15) is 265 Å². The van der Waals surface area contributed by atoms with Gasteiger partial charge in [0.25, 0.3) is 0 Å². The molecule has 0 rings (SSSR count). The Bertz CT molecular complexity index is 1460. The third-order valence-corrected chi connectivity index (χ3v) is 12.5. The number of carbonyl (C=O) groups excluding carboxylic acids is 3. The van der Waals surface area contributed by atoms with Gasteiger partial charge in [-0.05, 0) is 64.2 Å². The second-order valence-electron chi connectivity index (χ2n) is 19.4. The topological polar surface area (TPSA) is 78.9 Å².